The summed E-state index contributed by atoms with van der Waals surface area (Å²) in [6.45, 7) is 5.79. The Morgan fingerprint density at radius 2 is 0.921 bits per heavy atom. The van der Waals surface area contributed by atoms with Gasteiger partial charge in [0.2, 0.25) is 0 Å². The van der Waals surface area contributed by atoms with Crippen LogP contribution in [0.1, 0.15) is 0 Å². The van der Waals surface area contributed by atoms with Gasteiger partial charge >= 0.3 is 0 Å². The number of aryl methyl sites for hydroxylation is 1. The van der Waals surface area contributed by atoms with Gasteiger partial charge in [-0.25, -0.2) is 0 Å². The first-order chi connectivity index (χ1) is 18.7. The molecule has 10 nitrogen and oxygen atoms in total. The molecule has 2 aromatic carbocycles. The first-order valence-electron chi connectivity index (χ1n) is 12.8. The SMILES string of the molecule is COCCOCCOCCOc1ccc2c(c1)c(=O)c1cc(OCCOCCOCCOC)ccc1n2C. The lowest BCUT2D eigenvalue weighted by Gasteiger charge is -2.14. The molecule has 38 heavy (non-hydrogen) atoms. The van der Waals surface area contributed by atoms with E-state index in [1.54, 1.807) is 26.4 Å². The number of ether oxygens (including phenoxy) is 8. The summed E-state index contributed by atoms with van der Waals surface area (Å²) < 4.78 is 45.2. The van der Waals surface area contributed by atoms with E-state index in [1.807, 2.05) is 35.9 Å². The Hall–Kier alpha value is -2.73. The van der Waals surface area contributed by atoms with E-state index in [4.69, 9.17) is 37.9 Å². The topological polar surface area (TPSA) is 95.8 Å². The smallest absolute Gasteiger partial charge is 0.197 e. The third-order valence-electron chi connectivity index (χ3n) is 5.75. The molecule has 0 fully saturated rings. The van der Waals surface area contributed by atoms with E-state index in [0.717, 1.165) is 11.0 Å². The van der Waals surface area contributed by atoms with Crippen molar-refractivity contribution < 1.29 is 37.9 Å². The second-order valence-electron chi connectivity index (χ2n) is 8.38. The van der Waals surface area contributed by atoms with Crippen LogP contribution in [0, 0.1) is 0 Å². The summed E-state index contributed by atoms with van der Waals surface area (Å²) in [5.41, 5.74) is 1.58. The minimum atomic E-state index is -0.0714. The van der Waals surface area contributed by atoms with Gasteiger partial charge in [-0.1, -0.05) is 0 Å². The molecule has 0 aliphatic rings. The molecule has 0 radical (unpaired) electrons. The highest BCUT2D eigenvalue weighted by Crippen LogP contribution is 2.25. The van der Waals surface area contributed by atoms with Crippen molar-refractivity contribution in [1.82, 2.24) is 4.57 Å². The Bertz CT molecular complexity index is 1080. The number of pyridine rings is 1. The molecule has 0 atom stereocenters. The third kappa shape index (κ3) is 9.23. The van der Waals surface area contributed by atoms with Crippen LogP contribution in [-0.4, -0.2) is 98.1 Å². The fourth-order valence-corrected chi connectivity index (χ4v) is 3.80. The van der Waals surface area contributed by atoms with E-state index in [0.29, 0.717) is 102 Å². The van der Waals surface area contributed by atoms with Crippen molar-refractivity contribution in [2.45, 2.75) is 0 Å². The van der Waals surface area contributed by atoms with Crippen molar-refractivity contribution in [2.75, 3.05) is 93.5 Å². The molecule has 0 N–H and O–H groups in total. The standard InChI is InChI=1S/C28H39NO9/c1-29-26-6-4-22(37-18-16-35-14-12-33-10-8-31-2)20-24(26)28(30)25-21-23(5-7-27(25)29)38-19-17-36-15-13-34-11-9-32-3/h4-7,20-21H,8-19H2,1-3H3. The highest BCUT2D eigenvalue weighted by atomic mass is 16.6. The molecule has 0 aliphatic carbocycles. The molecule has 1 aromatic heterocycles. The summed E-state index contributed by atoms with van der Waals surface area (Å²) in [7, 11) is 5.21. The van der Waals surface area contributed by atoms with Crippen LogP contribution in [0.4, 0.5) is 0 Å². The monoisotopic (exact) mass is 533 g/mol. The molecular weight excluding hydrogens is 494 g/mol. The summed E-state index contributed by atoms with van der Waals surface area (Å²) in [6.07, 6.45) is 0. The van der Waals surface area contributed by atoms with Crippen LogP contribution in [0.5, 0.6) is 11.5 Å². The Labute approximate surface area is 223 Å². The highest BCUT2D eigenvalue weighted by Gasteiger charge is 2.11. The molecule has 0 amide bonds. The van der Waals surface area contributed by atoms with Crippen molar-refractivity contribution >= 4 is 21.8 Å². The van der Waals surface area contributed by atoms with E-state index in [2.05, 4.69) is 0 Å². The number of benzene rings is 2. The molecule has 10 heteroatoms. The fourth-order valence-electron chi connectivity index (χ4n) is 3.80. The quantitative estimate of drug-likeness (QED) is 0.160. The van der Waals surface area contributed by atoms with Crippen molar-refractivity contribution in [3.8, 4) is 11.5 Å². The van der Waals surface area contributed by atoms with Crippen LogP contribution in [0.3, 0.4) is 0 Å². The van der Waals surface area contributed by atoms with Gasteiger partial charge in [-0.2, -0.15) is 0 Å². The highest BCUT2D eigenvalue weighted by molar-refractivity contribution is 5.94. The Balaban J connectivity index is 1.53. The van der Waals surface area contributed by atoms with Crippen LogP contribution in [0.25, 0.3) is 21.8 Å². The third-order valence-corrected chi connectivity index (χ3v) is 5.75. The predicted octanol–water partition coefficient (Wildman–Crippen LogP) is 2.81. The molecule has 3 aromatic rings. The van der Waals surface area contributed by atoms with Gasteiger partial charge in [-0.3, -0.25) is 4.79 Å². The minimum Gasteiger partial charge on any atom is -0.491 e. The second kappa shape index (κ2) is 17.0. The molecule has 1 heterocycles. The Morgan fingerprint density at radius 1 is 0.553 bits per heavy atom. The van der Waals surface area contributed by atoms with Gasteiger partial charge in [-0.15, -0.1) is 0 Å². The molecule has 0 unspecified atom stereocenters. The summed E-state index contributed by atoms with van der Waals surface area (Å²) in [5.74, 6) is 1.23. The lowest BCUT2D eigenvalue weighted by molar-refractivity contribution is 0.0180. The van der Waals surface area contributed by atoms with E-state index in [-0.39, 0.29) is 5.43 Å². The predicted molar refractivity (Wildman–Crippen MR) is 145 cm³/mol. The van der Waals surface area contributed by atoms with Crippen molar-refractivity contribution in [2.24, 2.45) is 7.05 Å². The normalized spacial score (nSPS) is 11.4. The van der Waals surface area contributed by atoms with Crippen LogP contribution in [0.15, 0.2) is 41.2 Å². The Kier molecular flexibility index (Phi) is 13.3. The van der Waals surface area contributed by atoms with E-state index < -0.39 is 0 Å². The van der Waals surface area contributed by atoms with E-state index in [9.17, 15) is 4.79 Å². The zero-order valence-corrected chi connectivity index (χ0v) is 22.6. The maximum absolute atomic E-state index is 13.4. The number of rotatable bonds is 20. The number of aromatic nitrogens is 1. The molecule has 0 saturated carbocycles. The number of hydrogen-bond donors (Lipinski definition) is 0. The summed E-state index contributed by atoms with van der Waals surface area (Å²) in [6, 6.07) is 11.1. The summed E-state index contributed by atoms with van der Waals surface area (Å²) >= 11 is 0. The number of methoxy groups -OCH3 is 2. The van der Waals surface area contributed by atoms with Crippen LogP contribution in [-0.2, 0) is 35.5 Å². The van der Waals surface area contributed by atoms with Gasteiger partial charge in [0.25, 0.3) is 0 Å². The largest absolute Gasteiger partial charge is 0.491 e. The number of fused-ring (bicyclic) bond motifs is 2. The van der Waals surface area contributed by atoms with Crippen molar-refractivity contribution in [3.63, 3.8) is 0 Å². The molecule has 0 bridgehead atoms. The van der Waals surface area contributed by atoms with Crippen LogP contribution >= 0.6 is 0 Å². The fraction of sp³-hybridized carbons (Fsp3) is 0.536. The van der Waals surface area contributed by atoms with Gasteiger partial charge in [0.1, 0.15) is 24.7 Å². The number of hydrogen-bond acceptors (Lipinski definition) is 9. The molecule has 210 valence electrons. The van der Waals surface area contributed by atoms with Gasteiger partial charge in [0.05, 0.1) is 77.1 Å². The number of nitrogens with zero attached hydrogens (tertiary/aromatic N) is 1. The van der Waals surface area contributed by atoms with Crippen molar-refractivity contribution in [3.05, 3.63) is 46.6 Å². The maximum Gasteiger partial charge on any atom is 0.197 e. The first kappa shape index (κ1) is 29.8. The Morgan fingerprint density at radius 3 is 1.32 bits per heavy atom. The van der Waals surface area contributed by atoms with Crippen LogP contribution < -0.4 is 14.9 Å². The second-order valence-corrected chi connectivity index (χ2v) is 8.38. The van der Waals surface area contributed by atoms with Gasteiger partial charge in [0.15, 0.2) is 5.43 Å². The summed E-state index contributed by atoms with van der Waals surface area (Å²) in [4.78, 5) is 13.4. The van der Waals surface area contributed by atoms with Crippen LogP contribution in [0.2, 0.25) is 0 Å². The van der Waals surface area contributed by atoms with E-state index in [1.165, 1.54) is 0 Å². The molecule has 0 spiro atoms. The lowest BCUT2D eigenvalue weighted by atomic mass is 10.1. The van der Waals surface area contributed by atoms with Gasteiger partial charge in [-0.05, 0) is 36.4 Å². The lowest BCUT2D eigenvalue weighted by Crippen LogP contribution is -2.13. The molecule has 0 aliphatic heterocycles. The average Bonchev–Trinajstić information content (AvgIpc) is 2.94. The van der Waals surface area contributed by atoms with Gasteiger partial charge in [0, 0.05) is 32.0 Å². The maximum atomic E-state index is 13.4. The molecule has 3 rings (SSSR count). The molecular formula is C28H39NO9. The zero-order valence-electron chi connectivity index (χ0n) is 22.6. The minimum absolute atomic E-state index is 0.0714. The molecule has 0 saturated heterocycles. The zero-order chi connectivity index (χ0) is 27.0. The van der Waals surface area contributed by atoms with E-state index >= 15 is 0 Å². The first-order valence-corrected chi connectivity index (χ1v) is 12.8. The van der Waals surface area contributed by atoms with Gasteiger partial charge < -0.3 is 42.5 Å². The summed E-state index contributed by atoms with van der Waals surface area (Å²) in [5, 5.41) is 1.16. The average molecular weight is 534 g/mol. The van der Waals surface area contributed by atoms with Crippen molar-refractivity contribution in [1.29, 1.82) is 0 Å².